The third-order valence-electron chi connectivity index (χ3n) is 2.65. The van der Waals surface area contributed by atoms with E-state index in [1.54, 1.807) is 26.0 Å². The second kappa shape index (κ2) is 3.81. The van der Waals surface area contributed by atoms with Crippen LogP contribution < -0.4 is 11.1 Å². The van der Waals surface area contributed by atoms with E-state index in [1.807, 2.05) is 18.2 Å². The molecule has 1 heterocycles. The van der Waals surface area contributed by atoms with Gasteiger partial charge in [-0.05, 0) is 26.0 Å². The molecule has 16 heavy (non-hydrogen) atoms. The largest absolute Gasteiger partial charge is 0.273 e. The SMILES string of the molecule is Cc1c(C)c(=O)n(-c2ccccc2)[nH]c1=O. The maximum atomic E-state index is 11.9. The van der Waals surface area contributed by atoms with Gasteiger partial charge in [-0.15, -0.1) is 0 Å². The number of hydrogen-bond donors (Lipinski definition) is 1. The minimum absolute atomic E-state index is 0.191. The van der Waals surface area contributed by atoms with Crippen LogP contribution in [0.3, 0.4) is 0 Å². The van der Waals surface area contributed by atoms with Crippen molar-refractivity contribution in [3.05, 3.63) is 62.2 Å². The van der Waals surface area contributed by atoms with Crippen LogP contribution in [-0.4, -0.2) is 9.78 Å². The highest BCUT2D eigenvalue weighted by molar-refractivity contribution is 5.31. The molecule has 0 amide bonds. The van der Waals surface area contributed by atoms with Crippen molar-refractivity contribution >= 4 is 0 Å². The molecule has 2 rings (SSSR count). The average Bonchev–Trinajstić information content (AvgIpc) is 2.32. The summed E-state index contributed by atoms with van der Waals surface area (Å²) in [5.74, 6) is 0. The molecule has 1 aromatic carbocycles. The van der Waals surface area contributed by atoms with Crippen molar-refractivity contribution in [1.29, 1.82) is 0 Å². The van der Waals surface area contributed by atoms with E-state index in [9.17, 15) is 9.59 Å². The van der Waals surface area contributed by atoms with Crippen LogP contribution in [0, 0.1) is 13.8 Å². The zero-order valence-corrected chi connectivity index (χ0v) is 9.15. The molecule has 0 spiro atoms. The first-order valence-corrected chi connectivity index (χ1v) is 4.99. The zero-order valence-electron chi connectivity index (χ0n) is 9.15. The molecular formula is C12H12N2O2. The number of nitrogens with zero attached hydrogens (tertiary/aromatic N) is 1. The molecule has 4 nitrogen and oxygen atoms in total. The summed E-state index contributed by atoms with van der Waals surface area (Å²) in [6, 6.07) is 9.02. The third kappa shape index (κ3) is 1.58. The summed E-state index contributed by atoms with van der Waals surface area (Å²) < 4.78 is 1.27. The van der Waals surface area contributed by atoms with E-state index in [2.05, 4.69) is 5.10 Å². The fourth-order valence-electron chi connectivity index (χ4n) is 1.49. The Bertz CT molecular complexity index is 624. The Morgan fingerprint density at radius 2 is 1.62 bits per heavy atom. The molecule has 0 unspecified atom stereocenters. The van der Waals surface area contributed by atoms with Gasteiger partial charge in [-0.3, -0.25) is 14.7 Å². The molecule has 0 saturated heterocycles. The molecule has 1 N–H and O–H groups in total. The molecule has 82 valence electrons. The summed E-state index contributed by atoms with van der Waals surface area (Å²) in [6.07, 6.45) is 0. The number of benzene rings is 1. The lowest BCUT2D eigenvalue weighted by atomic mass is 10.2. The van der Waals surface area contributed by atoms with Crippen molar-refractivity contribution in [1.82, 2.24) is 9.78 Å². The summed E-state index contributed by atoms with van der Waals surface area (Å²) in [6.45, 7) is 3.30. The van der Waals surface area contributed by atoms with E-state index < -0.39 is 0 Å². The predicted octanol–water partition coefficient (Wildman–Crippen LogP) is 1.14. The van der Waals surface area contributed by atoms with Crippen LogP contribution in [0.5, 0.6) is 0 Å². The van der Waals surface area contributed by atoms with Gasteiger partial charge in [0, 0.05) is 11.1 Å². The van der Waals surface area contributed by atoms with E-state index in [0.29, 0.717) is 16.8 Å². The van der Waals surface area contributed by atoms with Gasteiger partial charge in [0.2, 0.25) is 0 Å². The topological polar surface area (TPSA) is 54.9 Å². The van der Waals surface area contributed by atoms with Gasteiger partial charge in [0.15, 0.2) is 0 Å². The highest BCUT2D eigenvalue weighted by atomic mass is 16.2. The van der Waals surface area contributed by atoms with Gasteiger partial charge in [0.05, 0.1) is 5.69 Å². The molecule has 0 atom stereocenters. The van der Waals surface area contributed by atoms with Crippen molar-refractivity contribution in [2.45, 2.75) is 13.8 Å². The Morgan fingerprint density at radius 3 is 2.25 bits per heavy atom. The quantitative estimate of drug-likeness (QED) is 0.777. The fraction of sp³-hybridized carbons (Fsp3) is 0.167. The standard InChI is InChI=1S/C12H12N2O2/c1-8-9(2)12(16)14(13-11(8)15)10-6-4-3-5-7-10/h3-7H,1-2H3,(H,13,15). The van der Waals surface area contributed by atoms with Gasteiger partial charge in [-0.2, -0.15) is 0 Å². The lowest BCUT2D eigenvalue weighted by molar-refractivity contribution is 0.767. The van der Waals surface area contributed by atoms with Crippen LogP contribution in [0.25, 0.3) is 5.69 Å². The Hall–Kier alpha value is -2.10. The number of aromatic amines is 1. The second-order valence-corrected chi connectivity index (χ2v) is 3.67. The van der Waals surface area contributed by atoms with Crippen molar-refractivity contribution in [2.24, 2.45) is 0 Å². The summed E-state index contributed by atoms with van der Waals surface area (Å²) in [4.78, 5) is 23.5. The second-order valence-electron chi connectivity index (χ2n) is 3.67. The molecule has 2 aromatic rings. The minimum Gasteiger partial charge on any atom is -0.268 e. The van der Waals surface area contributed by atoms with E-state index in [1.165, 1.54) is 4.68 Å². The summed E-state index contributed by atoms with van der Waals surface area (Å²) >= 11 is 0. The lowest BCUT2D eigenvalue weighted by Crippen LogP contribution is -2.32. The Kier molecular flexibility index (Phi) is 2.48. The van der Waals surface area contributed by atoms with E-state index >= 15 is 0 Å². The van der Waals surface area contributed by atoms with Gasteiger partial charge < -0.3 is 0 Å². The third-order valence-corrected chi connectivity index (χ3v) is 2.65. The first kappa shape index (κ1) is 10.4. The van der Waals surface area contributed by atoms with Crippen LogP contribution in [0.4, 0.5) is 0 Å². The molecule has 4 heteroatoms. The van der Waals surface area contributed by atoms with E-state index in [-0.39, 0.29) is 11.1 Å². The summed E-state index contributed by atoms with van der Waals surface area (Å²) in [7, 11) is 0. The highest BCUT2D eigenvalue weighted by Gasteiger charge is 2.07. The van der Waals surface area contributed by atoms with Crippen LogP contribution in [0.15, 0.2) is 39.9 Å². The number of nitrogens with one attached hydrogen (secondary N) is 1. The van der Waals surface area contributed by atoms with Crippen molar-refractivity contribution in [3.8, 4) is 5.69 Å². The predicted molar refractivity (Wildman–Crippen MR) is 62.1 cm³/mol. The molecule has 0 aliphatic rings. The summed E-state index contributed by atoms with van der Waals surface area (Å²) in [5.41, 5.74) is 1.18. The van der Waals surface area contributed by atoms with E-state index in [4.69, 9.17) is 0 Å². The Labute approximate surface area is 92.2 Å². The maximum Gasteiger partial charge on any atom is 0.273 e. The molecule has 0 bridgehead atoms. The smallest absolute Gasteiger partial charge is 0.268 e. The molecular weight excluding hydrogens is 204 g/mol. The van der Waals surface area contributed by atoms with Crippen molar-refractivity contribution in [3.63, 3.8) is 0 Å². The van der Waals surface area contributed by atoms with Gasteiger partial charge in [0.25, 0.3) is 11.1 Å². The number of aromatic nitrogens is 2. The van der Waals surface area contributed by atoms with Crippen LogP contribution in [0.2, 0.25) is 0 Å². The summed E-state index contributed by atoms with van der Waals surface area (Å²) in [5, 5.41) is 2.55. The fourth-order valence-corrected chi connectivity index (χ4v) is 1.49. The molecule has 0 aliphatic heterocycles. The molecule has 0 fully saturated rings. The van der Waals surface area contributed by atoms with E-state index in [0.717, 1.165) is 0 Å². The number of hydrogen-bond acceptors (Lipinski definition) is 2. The lowest BCUT2D eigenvalue weighted by Gasteiger charge is -2.07. The normalized spacial score (nSPS) is 10.4. The van der Waals surface area contributed by atoms with Crippen molar-refractivity contribution in [2.75, 3.05) is 0 Å². The maximum absolute atomic E-state index is 11.9. The Morgan fingerprint density at radius 1 is 1.00 bits per heavy atom. The van der Waals surface area contributed by atoms with Crippen LogP contribution in [-0.2, 0) is 0 Å². The highest BCUT2D eigenvalue weighted by Crippen LogP contribution is 2.02. The van der Waals surface area contributed by atoms with Crippen molar-refractivity contribution < 1.29 is 0 Å². The Balaban J connectivity index is 2.78. The molecule has 0 aliphatic carbocycles. The number of H-pyrrole nitrogens is 1. The monoisotopic (exact) mass is 216 g/mol. The number of para-hydroxylation sites is 1. The minimum atomic E-state index is -0.235. The first-order valence-electron chi connectivity index (χ1n) is 4.99. The van der Waals surface area contributed by atoms with Gasteiger partial charge in [-0.1, -0.05) is 18.2 Å². The van der Waals surface area contributed by atoms with Gasteiger partial charge >= 0.3 is 0 Å². The zero-order chi connectivity index (χ0) is 11.7. The van der Waals surface area contributed by atoms with Crippen LogP contribution in [0.1, 0.15) is 11.1 Å². The van der Waals surface area contributed by atoms with Gasteiger partial charge in [-0.25, -0.2) is 4.68 Å². The van der Waals surface area contributed by atoms with Gasteiger partial charge in [0.1, 0.15) is 0 Å². The molecule has 1 aromatic heterocycles. The molecule has 0 radical (unpaired) electrons. The average molecular weight is 216 g/mol. The number of rotatable bonds is 1. The molecule has 0 saturated carbocycles. The first-order chi connectivity index (χ1) is 7.61. The van der Waals surface area contributed by atoms with Crippen LogP contribution >= 0.6 is 0 Å².